The Bertz CT molecular complexity index is 972. The van der Waals surface area contributed by atoms with Crippen LogP contribution in [0, 0.1) is 10.1 Å². The van der Waals surface area contributed by atoms with Crippen LogP contribution in [0.1, 0.15) is 16.7 Å². The van der Waals surface area contributed by atoms with Gasteiger partial charge in [-0.15, -0.1) is 0 Å². The number of carbonyl (C=O) groups excluding carboxylic acids is 1. The number of rotatable bonds is 6. The summed E-state index contributed by atoms with van der Waals surface area (Å²) in [6.45, 7) is 3.59. The fraction of sp³-hybridized carbons (Fsp3) is 0.409. The van der Waals surface area contributed by atoms with Crippen molar-refractivity contribution in [3.8, 4) is 11.5 Å². The summed E-state index contributed by atoms with van der Waals surface area (Å²) in [4.78, 5) is 27.7. The summed E-state index contributed by atoms with van der Waals surface area (Å²) in [5.41, 5.74) is 2.44. The molecule has 0 saturated carbocycles. The smallest absolute Gasteiger partial charge is 0.270 e. The average Bonchev–Trinajstić information content (AvgIpc) is 2.79. The zero-order valence-corrected chi connectivity index (χ0v) is 17.4. The maximum Gasteiger partial charge on any atom is 0.270 e. The summed E-state index contributed by atoms with van der Waals surface area (Å²) in [6.07, 6.45) is 0.337. The lowest BCUT2D eigenvalue weighted by Gasteiger charge is -2.35. The van der Waals surface area contributed by atoms with Crippen LogP contribution in [0.5, 0.6) is 11.5 Å². The van der Waals surface area contributed by atoms with Crippen molar-refractivity contribution in [2.75, 3.05) is 40.1 Å². The highest BCUT2D eigenvalue weighted by Gasteiger charge is 2.25. The second-order valence-electron chi connectivity index (χ2n) is 7.65. The molecule has 0 aromatic heterocycles. The molecule has 0 atom stereocenters. The van der Waals surface area contributed by atoms with Gasteiger partial charge in [-0.1, -0.05) is 12.1 Å². The van der Waals surface area contributed by atoms with Crippen LogP contribution in [0.25, 0.3) is 0 Å². The van der Waals surface area contributed by atoms with E-state index in [2.05, 4.69) is 4.90 Å². The Kier molecular flexibility index (Phi) is 6.34. The van der Waals surface area contributed by atoms with Gasteiger partial charge in [-0.2, -0.15) is 0 Å². The van der Waals surface area contributed by atoms with Gasteiger partial charge in [0.15, 0.2) is 6.79 Å². The number of amides is 1. The van der Waals surface area contributed by atoms with Gasteiger partial charge in [-0.3, -0.25) is 19.8 Å². The molecule has 2 heterocycles. The first-order valence-electron chi connectivity index (χ1n) is 10.2. The molecule has 2 aromatic rings. The molecule has 0 unspecified atom stereocenters. The molecule has 2 aromatic carbocycles. The first kappa shape index (κ1) is 21.1. The van der Waals surface area contributed by atoms with Crippen molar-refractivity contribution in [1.29, 1.82) is 0 Å². The summed E-state index contributed by atoms with van der Waals surface area (Å²) in [6, 6.07) is 10.6. The van der Waals surface area contributed by atoms with Crippen molar-refractivity contribution in [1.82, 2.24) is 9.80 Å². The third-order valence-electron chi connectivity index (χ3n) is 5.59. The second-order valence-corrected chi connectivity index (χ2v) is 7.65. The van der Waals surface area contributed by atoms with Crippen molar-refractivity contribution in [2.24, 2.45) is 0 Å². The summed E-state index contributed by atoms with van der Waals surface area (Å²) in [5, 5.41) is 11.3. The minimum Gasteiger partial charge on any atom is -0.497 e. The molecule has 2 aliphatic heterocycles. The molecular weight excluding hydrogens is 402 g/mol. The molecule has 0 radical (unpaired) electrons. The predicted molar refractivity (Wildman–Crippen MR) is 112 cm³/mol. The largest absolute Gasteiger partial charge is 0.497 e. The Labute approximate surface area is 180 Å². The lowest BCUT2D eigenvalue weighted by molar-refractivity contribution is -0.385. The Morgan fingerprint density at radius 3 is 2.74 bits per heavy atom. The highest BCUT2D eigenvalue weighted by Crippen LogP contribution is 2.33. The quantitative estimate of drug-likeness (QED) is 0.516. The monoisotopic (exact) mass is 427 g/mol. The highest BCUT2D eigenvalue weighted by atomic mass is 16.7. The molecule has 9 nitrogen and oxygen atoms in total. The summed E-state index contributed by atoms with van der Waals surface area (Å²) >= 11 is 0. The van der Waals surface area contributed by atoms with Gasteiger partial charge in [0.2, 0.25) is 5.91 Å². The van der Waals surface area contributed by atoms with E-state index in [0.29, 0.717) is 57.1 Å². The fourth-order valence-electron chi connectivity index (χ4n) is 3.97. The number of methoxy groups -OCH3 is 1. The molecule has 0 spiro atoms. The lowest BCUT2D eigenvalue weighted by Crippen LogP contribution is -2.48. The van der Waals surface area contributed by atoms with E-state index < -0.39 is 4.92 Å². The van der Waals surface area contributed by atoms with Crippen LogP contribution >= 0.6 is 0 Å². The van der Waals surface area contributed by atoms with Crippen LogP contribution in [-0.4, -0.2) is 60.7 Å². The molecule has 0 aliphatic carbocycles. The van der Waals surface area contributed by atoms with Crippen molar-refractivity contribution >= 4 is 11.6 Å². The van der Waals surface area contributed by atoms with Crippen molar-refractivity contribution in [2.45, 2.75) is 19.6 Å². The number of hydrogen-bond donors (Lipinski definition) is 0. The van der Waals surface area contributed by atoms with Gasteiger partial charge >= 0.3 is 0 Å². The zero-order chi connectivity index (χ0) is 21.8. The van der Waals surface area contributed by atoms with Gasteiger partial charge in [0, 0.05) is 56.0 Å². The van der Waals surface area contributed by atoms with Crippen molar-refractivity contribution in [3.05, 3.63) is 63.2 Å². The second kappa shape index (κ2) is 9.32. The van der Waals surface area contributed by atoms with Crippen molar-refractivity contribution in [3.63, 3.8) is 0 Å². The van der Waals surface area contributed by atoms with E-state index in [-0.39, 0.29) is 18.4 Å². The standard InChI is InChI=1S/C22H25N3O6/c1-29-20-4-2-3-16(9-20)10-21(26)24-7-5-23(6-8-24)13-17-11-19(25(27)28)12-18-14-30-15-31-22(17)18/h2-4,9,11-12H,5-8,10,13-15H2,1H3. The van der Waals surface area contributed by atoms with Gasteiger partial charge < -0.3 is 19.1 Å². The Morgan fingerprint density at radius 2 is 2.00 bits per heavy atom. The van der Waals surface area contributed by atoms with E-state index >= 15 is 0 Å². The van der Waals surface area contributed by atoms with Crippen LogP contribution in [0.4, 0.5) is 5.69 Å². The Morgan fingerprint density at radius 1 is 1.19 bits per heavy atom. The van der Waals surface area contributed by atoms with Gasteiger partial charge in [0.1, 0.15) is 11.5 Å². The highest BCUT2D eigenvalue weighted by molar-refractivity contribution is 5.79. The minimum absolute atomic E-state index is 0.0370. The maximum atomic E-state index is 12.7. The number of non-ortho nitro benzene ring substituents is 1. The Balaban J connectivity index is 1.37. The number of nitro benzene ring substituents is 1. The number of ether oxygens (including phenoxy) is 3. The average molecular weight is 427 g/mol. The SMILES string of the molecule is COc1cccc(CC(=O)N2CCN(Cc3cc([N+](=O)[O-])cc4c3OCOC4)CC2)c1. The number of piperazine rings is 1. The van der Waals surface area contributed by atoms with Crippen LogP contribution in [0.2, 0.25) is 0 Å². The van der Waals surface area contributed by atoms with E-state index in [1.165, 1.54) is 6.07 Å². The fourth-order valence-corrected chi connectivity index (χ4v) is 3.97. The van der Waals surface area contributed by atoms with E-state index in [0.717, 1.165) is 16.9 Å². The maximum absolute atomic E-state index is 12.7. The molecule has 1 saturated heterocycles. The third-order valence-corrected chi connectivity index (χ3v) is 5.59. The molecule has 0 N–H and O–H groups in total. The molecule has 164 valence electrons. The lowest BCUT2D eigenvalue weighted by atomic mass is 10.1. The predicted octanol–water partition coefficient (Wildman–Crippen LogP) is 2.36. The van der Waals surface area contributed by atoms with E-state index in [4.69, 9.17) is 14.2 Å². The van der Waals surface area contributed by atoms with Gasteiger partial charge in [-0.05, 0) is 17.7 Å². The van der Waals surface area contributed by atoms with Crippen molar-refractivity contribution < 1.29 is 23.9 Å². The number of benzene rings is 2. The molecule has 1 amide bonds. The number of fused-ring (bicyclic) bond motifs is 1. The molecule has 2 aliphatic rings. The first-order chi connectivity index (χ1) is 15.0. The number of nitro groups is 1. The number of carbonyl (C=O) groups is 1. The normalized spacial score (nSPS) is 16.4. The Hall–Kier alpha value is -3.17. The first-order valence-corrected chi connectivity index (χ1v) is 10.2. The molecule has 4 rings (SSSR count). The molecule has 0 bridgehead atoms. The van der Waals surface area contributed by atoms with Crippen LogP contribution in [-0.2, 0) is 29.1 Å². The summed E-state index contributed by atoms with van der Waals surface area (Å²) in [7, 11) is 1.61. The van der Waals surface area contributed by atoms with Crippen LogP contribution in [0.3, 0.4) is 0 Å². The number of nitrogens with zero attached hydrogens (tertiary/aromatic N) is 3. The summed E-state index contributed by atoms with van der Waals surface area (Å²) in [5.74, 6) is 1.50. The molecular formula is C22H25N3O6. The van der Waals surface area contributed by atoms with Crippen LogP contribution < -0.4 is 9.47 Å². The summed E-state index contributed by atoms with van der Waals surface area (Å²) < 4.78 is 16.1. The van der Waals surface area contributed by atoms with Crippen LogP contribution in [0.15, 0.2) is 36.4 Å². The molecule has 31 heavy (non-hydrogen) atoms. The van der Waals surface area contributed by atoms with Gasteiger partial charge in [0.05, 0.1) is 25.1 Å². The van der Waals surface area contributed by atoms with E-state index in [1.807, 2.05) is 29.2 Å². The molecule has 1 fully saturated rings. The topological polar surface area (TPSA) is 94.4 Å². The molecule has 9 heteroatoms. The number of hydrogen-bond acceptors (Lipinski definition) is 7. The van der Waals surface area contributed by atoms with E-state index in [9.17, 15) is 14.9 Å². The van der Waals surface area contributed by atoms with E-state index in [1.54, 1.807) is 13.2 Å². The zero-order valence-electron chi connectivity index (χ0n) is 17.4. The van der Waals surface area contributed by atoms with Gasteiger partial charge in [-0.25, -0.2) is 0 Å². The minimum atomic E-state index is -0.395. The third kappa shape index (κ3) is 4.95. The van der Waals surface area contributed by atoms with Gasteiger partial charge in [0.25, 0.3) is 5.69 Å².